The largest absolute Gasteiger partial charge is 0.302 e. The Balaban J connectivity index is 3.30. The summed E-state index contributed by atoms with van der Waals surface area (Å²) in [5.41, 5.74) is 0. The monoisotopic (exact) mass is 191 g/mol. The average Bonchev–Trinajstić information content (AvgIpc) is 2.05. The van der Waals surface area contributed by atoms with Crippen molar-refractivity contribution >= 4 is 10.0 Å². The van der Waals surface area contributed by atoms with Crippen LogP contribution in [-0.2, 0) is 10.0 Å². The van der Waals surface area contributed by atoms with Crippen LogP contribution in [0.25, 0.3) is 0 Å². The summed E-state index contributed by atoms with van der Waals surface area (Å²) in [6.45, 7) is 0. The second-order valence-corrected chi connectivity index (χ2v) is 3.65. The zero-order chi connectivity index (χ0) is 9.19. The SMILES string of the molecule is O=S(=O)(NO)c1ccccc1F. The molecule has 0 unspecified atom stereocenters. The average molecular weight is 191 g/mol. The van der Waals surface area contributed by atoms with Gasteiger partial charge in [-0.3, -0.25) is 0 Å². The summed E-state index contributed by atoms with van der Waals surface area (Å²) in [5, 5.41) is 8.17. The van der Waals surface area contributed by atoms with E-state index in [0.717, 1.165) is 17.0 Å². The van der Waals surface area contributed by atoms with Crippen molar-refractivity contribution in [3.05, 3.63) is 30.1 Å². The van der Waals surface area contributed by atoms with Crippen molar-refractivity contribution in [1.29, 1.82) is 0 Å². The van der Waals surface area contributed by atoms with E-state index in [-0.39, 0.29) is 0 Å². The standard InChI is InChI=1S/C6H6FNO3S/c7-5-3-1-2-4-6(5)12(10,11)8-9/h1-4,8-9H. The predicted molar refractivity (Wildman–Crippen MR) is 38.5 cm³/mol. The second-order valence-electron chi connectivity index (χ2n) is 2.03. The lowest BCUT2D eigenvalue weighted by molar-refractivity contribution is 0.242. The van der Waals surface area contributed by atoms with Gasteiger partial charge in [0.15, 0.2) is 0 Å². The van der Waals surface area contributed by atoms with E-state index in [4.69, 9.17) is 5.21 Å². The molecule has 1 rings (SSSR count). The van der Waals surface area contributed by atoms with E-state index in [9.17, 15) is 12.8 Å². The number of benzene rings is 1. The third-order valence-electron chi connectivity index (χ3n) is 1.25. The van der Waals surface area contributed by atoms with Gasteiger partial charge in [-0.25, -0.2) is 12.8 Å². The summed E-state index contributed by atoms with van der Waals surface area (Å²) in [4.78, 5) is 0.454. The van der Waals surface area contributed by atoms with Crippen molar-refractivity contribution in [2.75, 3.05) is 0 Å². The van der Waals surface area contributed by atoms with E-state index in [0.29, 0.717) is 0 Å². The van der Waals surface area contributed by atoms with Crippen molar-refractivity contribution in [2.45, 2.75) is 4.90 Å². The molecule has 6 heteroatoms. The molecule has 2 N–H and O–H groups in total. The highest BCUT2D eigenvalue weighted by Gasteiger charge is 2.16. The van der Waals surface area contributed by atoms with Gasteiger partial charge in [-0.2, -0.15) is 0 Å². The van der Waals surface area contributed by atoms with E-state index in [1.54, 1.807) is 0 Å². The second kappa shape index (κ2) is 3.18. The highest BCUT2D eigenvalue weighted by atomic mass is 32.2. The number of nitrogens with one attached hydrogen (secondary N) is 1. The fourth-order valence-electron chi connectivity index (χ4n) is 0.712. The molecule has 0 bridgehead atoms. The molecule has 0 fully saturated rings. The Hall–Kier alpha value is -0.980. The summed E-state index contributed by atoms with van der Waals surface area (Å²) in [6, 6.07) is 4.75. The summed E-state index contributed by atoms with van der Waals surface area (Å²) < 4.78 is 34.4. The van der Waals surface area contributed by atoms with Crippen LogP contribution in [0.4, 0.5) is 4.39 Å². The first-order valence-corrected chi connectivity index (χ1v) is 4.46. The molecule has 0 aliphatic rings. The normalized spacial score (nSPS) is 11.5. The van der Waals surface area contributed by atoms with E-state index in [1.807, 2.05) is 0 Å². The maximum atomic E-state index is 12.7. The predicted octanol–water partition coefficient (Wildman–Crippen LogP) is 0.493. The molecule has 0 radical (unpaired) electrons. The Morgan fingerprint density at radius 3 is 2.42 bits per heavy atom. The smallest absolute Gasteiger partial charge is 0.265 e. The third-order valence-corrected chi connectivity index (χ3v) is 2.40. The fourth-order valence-corrected chi connectivity index (χ4v) is 1.39. The van der Waals surface area contributed by atoms with Crippen molar-refractivity contribution in [1.82, 2.24) is 4.89 Å². The highest BCUT2D eigenvalue weighted by molar-refractivity contribution is 7.89. The minimum Gasteiger partial charge on any atom is -0.302 e. The molecular formula is C6H6FNO3S. The van der Waals surface area contributed by atoms with Crippen LogP contribution in [0.3, 0.4) is 0 Å². The lowest BCUT2D eigenvalue weighted by Crippen LogP contribution is -2.20. The van der Waals surface area contributed by atoms with Gasteiger partial charge in [-0.05, 0) is 12.1 Å². The molecule has 0 atom stereocenters. The maximum absolute atomic E-state index is 12.7. The summed E-state index contributed by atoms with van der Waals surface area (Å²) in [6.07, 6.45) is 0. The summed E-state index contributed by atoms with van der Waals surface area (Å²) in [7, 11) is -4.10. The Kier molecular flexibility index (Phi) is 2.41. The van der Waals surface area contributed by atoms with Gasteiger partial charge in [0.2, 0.25) is 0 Å². The van der Waals surface area contributed by atoms with Crippen molar-refractivity contribution in [3.8, 4) is 0 Å². The van der Waals surface area contributed by atoms with E-state index in [2.05, 4.69) is 0 Å². The van der Waals surface area contributed by atoms with Crippen LogP contribution in [0.1, 0.15) is 0 Å². The number of hydrogen-bond acceptors (Lipinski definition) is 3. The fraction of sp³-hybridized carbons (Fsp3) is 0. The molecule has 0 aliphatic carbocycles. The van der Waals surface area contributed by atoms with Gasteiger partial charge >= 0.3 is 0 Å². The Morgan fingerprint density at radius 1 is 1.33 bits per heavy atom. The molecule has 0 amide bonds. The molecule has 12 heavy (non-hydrogen) atoms. The molecular weight excluding hydrogens is 185 g/mol. The molecule has 0 spiro atoms. The van der Waals surface area contributed by atoms with Crippen LogP contribution >= 0.6 is 0 Å². The zero-order valence-electron chi connectivity index (χ0n) is 5.86. The first-order valence-electron chi connectivity index (χ1n) is 2.98. The van der Waals surface area contributed by atoms with Crippen molar-refractivity contribution < 1.29 is 18.0 Å². The van der Waals surface area contributed by atoms with Crippen molar-refractivity contribution in [3.63, 3.8) is 0 Å². The highest BCUT2D eigenvalue weighted by Crippen LogP contribution is 2.11. The van der Waals surface area contributed by atoms with Gasteiger partial charge in [0.05, 0.1) is 0 Å². The van der Waals surface area contributed by atoms with Crippen LogP contribution < -0.4 is 4.89 Å². The quantitative estimate of drug-likeness (QED) is 0.668. The first kappa shape index (κ1) is 9.11. The van der Waals surface area contributed by atoms with E-state index in [1.165, 1.54) is 12.1 Å². The Labute approximate surface area is 68.7 Å². The number of hydrogen-bond donors (Lipinski definition) is 2. The van der Waals surface area contributed by atoms with Gasteiger partial charge < -0.3 is 5.21 Å². The van der Waals surface area contributed by atoms with Crippen LogP contribution in [0.2, 0.25) is 0 Å². The zero-order valence-corrected chi connectivity index (χ0v) is 6.68. The van der Waals surface area contributed by atoms with Gasteiger partial charge in [0.1, 0.15) is 10.7 Å². The maximum Gasteiger partial charge on any atom is 0.265 e. The van der Waals surface area contributed by atoms with E-state index < -0.39 is 20.7 Å². The lowest BCUT2D eigenvalue weighted by Gasteiger charge is -2.00. The third kappa shape index (κ3) is 1.60. The molecule has 4 nitrogen and oxygen atoms in total. The molecule has 0 aliphatic heterocycles. The van der Waals surface area contributed by atoms with Crippen LogP contribution in [0, 0.1) is 5.82 Å². The van der Waals surface area contributed by atoms with Crippen LogP contribution in [0.15, 0.2) is 29.2 Å². The Morgan fingerprint density at radius 2 is 1.92 bits per heavy atom. The molecule has 1 aromatic rings. The molecule has 0 aromatic heterocycles. The lowest BCUT2D eigenvalue weighted by atomic mass is 10.4. The van der Waals surface area contributed by atoms with Gasteiger partial charge in [0.25, 0.3) is 10.0 Å². The number of halogens is 1. The number of rotatable bonds is 2. The molecule has 0 saturated heterocycles. The number of sulfonamides is 1. The van der Waals surface area contributed by atoms with E-state index >= 15 is 0 Å². The Bertz CT molecular complexity index is 376. The minimum absolute atomic E-state index is 0.576. The summed E-state index contributed by atoms with van der Waals surface area (Å²) in [5.74, 6) is -0.904. The van der Waals surface area contributed by atoms with Crippen LogP contribution in [0.5, 0.6) is 0 Å². The molecule has 0 saturated carbocycles. The molecule has 66 valence electrons. The minimum atomic E-state index is -4.10. The van der Waals surface area contributed by atoms with Crippen LogP contribution in [-0.4, -0.2) is 13.6 Å². The molecule has 1 aromatic carbocycles. The molecule has 0 heterocycles. The summed E-state index contributed by atoms with van der Waals surface area (Å²) >= 11 is 0. The van der Waals surface area contributed by atoms with Gasteiger partial charge in [-0.15, -0.1) is 0 Å². The topological polar surface area (TPSA) is 66.4 Å². The first-order chi connectivity index (χ1) is 5.58. The van der Waals surface area contributed by atoms with Gasteiger partial charge in [-0.1, -0.05) is 17.0 Å². The van der Waals surface area contributed by atoms with Crippen molar-refractivity contribution in [2.24, 2.45) is 0 Å². The van der Waals surface area contributed by atoms with Gasteiger partial charge in [0, 0.05) is 0 Å².